The van der Waals surface area contributed by atoms with Crippen LogP contribution in [0.4, 0.5) is 0 Å². The Balaban J connectivity index is 2.34. The molecule has 112 valence electrons. The summed E-state index contributed by atoms with van der Waals surface area (Å²) in [6.07, 6.45) is 0.702. The molecule has 4 heteroatoms. The van der Waals surface area contributed by atoms with Crippen molar-refractivity contribution in [3.63, 3.8) is 0 Å². The molecule has 1 N–H and O–H groups in total. The van der Waals surface area contributed by atoms with Gasteiger partial charge in [-0.05, 0) is 43.0 Å². The van der Waals surface area contributed by atoms with Crippen LogP contribution in [-0.2, 0) is 10.0 Å². The van der Waals surface area contributed by atoms with Crippen molar-refractivity contribution in [1.82, 2.24) is 4.72 Å². The minimum Gasteiger partial charge on any atom is -0.207 e. The average Bonchev–Trinajstić information content (AvgIpc) is 2.48. The Hall–Kier alpha value is -1.65. The van der Waals surface area contributed by atoms with Gasteiger partial charge in [0, 0.05) is 6.04 Å². The number of sulfonamides is 1. The molecule has 1 atom stereocenters. The van der Waals surface area contributed by atoms with Gasteiger partial charge in [-0.25, -0.2) is 13.1 Å². The van der Waals surface area contributed by atoms with Crippen molar-refractivity contribution in [1.29, 1.82) is 0 Å². The zero-order valence-corrected chi connectivity index (χ0v) is 13.4. The maximum absolute atomic E-state index is 12.6. The molecule has 3 nitrogen and oxygen atoms in total. The summed E-state index contributed by atoms with van der Waals surface area (Å²) in [5.74, 6) is 0. The Kier molecular flexibility index (Phi) is 4.80. The molecule has 0 heterocycles. The molecule has 2 rings (SSSR count). The second-order valence-electron chi connectivity index (χ2n) is 5.26. The highest BCUT2D eigenvalue weighted by molar-refractivity contribution is 7.89. The zero-order chi connectivity index (χ0) is 15.5. The van der Waals surface area contributed by atoms with E-state index >= 15 is 0 Å². The van der Waals surface area contributed by atoms with Crippen LogP contribution in [0.25, 0.3) is 0 Å². The van der Waals surface area contributed by atoms with Crippen molar-refractivity contribution in [2.75, 3.05) is 0 Å². The Morgan fingerprint density at radius 3 is 2.33 bits per heavy atom. The van der Waals surface area contributed by atoms with Crippen LogP contribution in [0, 0.1) is 13.8 Å². The molecular weight excluding hydrogens is 282 g/mol. The minimum absolute atomic E-state index is 0.212. The van der Waals surface area contributed by atoms with E-state index in [4.69, 9.17) is 0 Å². The van der Waals surface area contributed by atoms with Crippen LogP contribution < -0.4 is 4.72 Å². The van der Waals surface area contributed by atoms with Crippen LogP contribution in [0.5, 0.6) is 0 Å². The van der Waals surface area contributed by atoms with E-state index in [1.807, 2.05) is 63.2 Å². The molecule has 0 aliphatic carbocycles. The molecule has 0 spiro atoms. The Morgan fingerprint density at radius 1 is 1.05 bits per heavy atom. The van der Waals surface area contributed by atoms with Gasteiger partial charge in [0.1, 0.15) is 0 Å². The fourth-order valence-corrected chi connectivity index (χ4v) is 3.96. The van der Waals surface area contributed by atoms with Gasteiger partial charge in [0.25, 0.3) is 0 Å². The predicted octanol–water partition coefficient (Wildman–Crippen LogP) is 3.73. The molecule has 2 aromatic carbocycles. The highest BCUT2D eigenvalue weighted by Gasteiger charge is 2.21. The second-order valence-corrected chi connectivity index (χ2v) is 6.94. The summed E-state index contributed by atoms with van der Waals surface area (Å²) in [5, 5.41) is 0. The maximum Gasteiger partial charge on any atom is 0.241 e. The summed E-state index contributed by atoms with van der Waals surface area (Å²) in [6, 6.07) is 14.9. The first-order valence-electron chi connectivity index (χ1n) is 7.08. The molecule has 2 aromatic rings. The Labute approximate surface area is 127 Å². The number of rotatable bonds is 5. The molecule has 0 bridgehead atoms. The highest BCUT2D eigenvalue weighted by Crippen LogP contribution is 2.22. The molecule has 0 saturated carbocycles. The normalized spacial score (nSPS) is 13.1. The van der Waals surface area contributed by atoms with Crippen LogP contribution in [0.1, 0.15) is 36.1 Å². The standard InChI is InChI=1S/C17H21NO2S/c1-4-16(15-8-6-5-7-9-15)18-21(19,20)17-12-13(2)10-11-14(17)3/h5-12,16,18H,4H2,1-3H3. The smallest absolute Gasteiger partial charge is 0.207 e. The molecule has 0 amide bonds. The molecule has 21 heavy (non-hydrogen) atoms. The van der Waals surface area contributed by atoms with E-state index < -0.39 is 10.0 Å². The molecule has 0 saturated heterocycles. The maximum atomic E-state index is 12.6. The fourth-order valence-electron chi connectivity index (χ4n) is 2.32. The molecule has 0 aromatic heterocycles. The fraction of sp³-hybridized carbons (Fsp3) is 0.294. The number of aryl methyl sites for hydroxylation is 2. The van der Waals surface area contributed by atoms with Gasteiger partial charge in [-0.15, -0.1) is 0 Å². The second kappa shape index (κ2) is 6.41. The van der Waals surface area contributed by atoms with E-state index in [1.165, 1.54) is 0 Å². The summed E-state index contributed by atoms with van der Waals surface area (Å²) in [7, 11) is -3.52. The van der Waals surface area contributed by atoms with Crippen LogP contribution in [0.2, 0.25) is 0 Å². The largest absolute Gasteiger partial charge is 0.241 e. The lowest BCUT2D eigenvalue weighted by molar-refractivity contribution is 0.549. The SMILES string of the molecule is CCC(NS(=O)(=O)c1cc(C)ccc1C)c1ccccc1. The van der Waals surface area contributed by atoms with Gasteiger partial charge < -0.3 is 0 Å². The quantitative estimate of drug-likeness (QED) is 0.914. The number of nitrogens with one attached hydrogen (secondary N) is 1. The van der Waals surface area contributed by atoms with Crippen molar-refractivity contribution in [3.8, 4) is 0 Å². The highest BCUT2D eigenvalue weighted by atomic mass is 32.2. The lowest BCUT2D eigenvalue weighted by Gasteiger charge is -2.18. The van der Waals surface area contributed by atoms with Gasteiger partial charge in [0.15, 0.2) is 0 Å². The molecule has 1 unspecified atom stereocenters. The minimum atomic E-state index is -3.52. The first-order chi connectivity index (χ1) is 9.94. The van der Waals surface area contributed by atoms with Crippen molar-refractivity contribution < 1.29 is 8.42 Å². The number of hydrogen-bond donors (Lipinski definition) is 1. The van der Waals surface area contributed by atoms with Gasteiger partial charge in [-0.1, -0.05) is 49.4 Å². The van der Waals surface area contributed by atoms with Crippen LogP contribution in [0.3, 0.4) is 0 Å². The van der Waals surface area contributed by atoms with Crippen LogP contribution >= 0.6 is 0 Å². The predicted molar refractivity (Wildman–Crippen MR) is 85.7 cm³/mol. The van der Waals surface area contributed by atoms with E-state index in [2.05, 4.69) is 4.72 Å². The number of hydrogen-bond acceptors (Lipinski definition) is 2. The third-order valence-electron chi connectivity index (χ3n) is 3.54. The van der Waals surface area contributed by atoms with E-state index in [0.717, 1.165) is 16.7 Å². The summed E-state index contributed by atoms with van der Waals surface area (Å²) in [4.78, 5) is 0.358. The van der Waals surface area contributed by atoms with E-state index in [0.29, 0.717) is 11.3 Å². The zero-order valence-electron chi connectivity index (χ0n) is 12.6. The average molecular weight is 303 g/mol. The first kappa shape index (κ1) is 15.7. The van der Waals surface area contributed by atoms with E-state index in [9.17, 15) is 8.42 Å². The third-order valence-corrected chi connectivity index (χ3v) is 5.15. The summed E-state index contributed by atoms with van der Waals surface area (Å²) < 4.78 is 28.1. The summed E-state index contributed by atoms with van der Waals surface area (Å²) in [5.41, 5.74) is 2.68. The van der Waals surface area contributed by atoms with Crippen molar-refractivity contribution in [2.24, 2.45) is 0 Å². The lowest BCUT2D eigenvalue weighted by atomic mass is 10.1. The molecule has 0 fully saturated rings. The monoisotopic (exact) mass is 303 g/mol. The Bertz CT molecular complexity index is 709. The molecular formula is C17H21NO2S. The lowest BCUT2D eigenvalue weighted by Crippen LogP contribution is -2.29. The summed E-state index contributed by atoms with van der Waals surface area (Å²) in [6.45, 7) is 5.69. The third kappa shape index (κ3) is 3.71. The van der Waals surface area contributed by atoms with E-state index in [-0.39, 0.29) is 6.04 Å². The molecule has 0 aliphatic rings. The van der Waals surface area contributed by atoms with Crippen molar-refractivity contribution in [3.05, 3.63) is 65.2 Å². The van der Waals surface area contributed by atoms with Crippen LogP contribution in [0.15, 0.2) is 53.4 Å². The van der Waals surface area contributed by atoms with Gasteiger partial charge in [-0.3, -0.25) is 0 Å². The van der Waals surface area contributed by atoms with Crippen molar-refractivity contribution in [2.45, 2.75) is 38.1 Å². The topological polar surface area (TPSA) is 46.2 Å². The van der Waals surface area contributed by atoms with Gasteiger partial charge in [0.2, 0.25) is 10.0 Å². The summed E-state index contributed by atoms with van der Waals surface area (Å²) >= 11 is 0. The molecule has 0 aliphatic heterocycles. The molecule has 0 radical (unpaired) electrons. The first-order valence-corrected chi connectivity index (χ1v) is 8.57. The van der Waals surface area contributed by atoms with Gasteiger partial charge >= 0.3 is 0 Å². The number of benzene rings is 2. The van der Waals surface area contributed by atoms with Gasteiger partial charge in [-0.2, -0.15) is 0 Å². The Morgan fingerprint density at radius 2 is 1.71 bits per heavy atom. The van der Waals surface area contributed by atoms with E-state index in [1.54, 1.807) is 6.07 Å². The van der Waals surface area contributed by atoms with Crippen LogP contribution in [-0.4, -0.2) is 8.42 Å². The van der Waals surface area contributed by atoms with Gasteiger partial charge in [0.05, 0.1) is 4.90 Å². The van der Waals surface area contributed by atoms with Crippen molar-refractivity contribution >= 4 is 10.0 Å².